The molecule has 5 heteroatoms. The summed E-state index contributed by atoms with van der Waals surface area (Å²) >= 11 is 3.52. The molecule has 0 aliphatic rings. The third-order valence-corrected chi connectivity index (χ3v) is 5.11. The first-order valence-electron chi connectivity index (χ1n) is 7.82. The molecule has 0 spiro atoms. The highest BCUT2D eigenvalue weighted by atomic mass is 79.9. The Balaban J connectivity index is 2.44. The molecule has 3 nitrogen and oxygen atoms in total. The van der Waals surface area contributed by atoms with Gasteiger partial charge in [-0.1, -0.05) is 22.9 Å². The molecular weight excluding hydrogens is 371 g/mol. The molecule has 0 radical (unpaired) electrons. The summed E-state index contributed by atoms with van der Waals surface area (Å²) in [6.07, 6.45) is 0.579. The summed E-state index contributed by atoms with van der Waals surface area (Å²) in [5.41, 5.74) is 3.52. The Hall–Kier alpha value is -2.01. The first-order valence-corrected chi connectivity index (χ1v) is 8.61. The van der Waals surface area contributed by atoms with Crippen molar-refractivity contribution in [2.45, 2.75) is 34.1 Å². The molecular formula is C19H18BrFN2O. The highest BCUT2D eigenvalue weighted by molar-refractivity contribution is 9.10. The molecule has 0 saturated heterocycles. The smallest absolute Gasteiger partial charge is 0.265 e. The van der Waals surface area contributed by atoms with Gasteiger partial charge in [0.1, 0.15) is 11.6 Å². The summed E-state index contributed by atoms with van der Waals surface area (Å²) < 4.78 is 16.5. The third-order valence-electron chi connectivity index (χ3n) is 4.25. The van der Waals surface area contributed by atoms with Gasteiger partial charge in [0.05, 0.1) is 16.6 Å². The second-order valence-electron chi connectivity index (χ2n) is 6.03. The fourth-order valence-electron chi connectivity index (χ4n) is 2.85. The molecule has 24 heavy (non-hydrogen) atoms. The maximum Gasteiger partial charge on any atom is 0.265 e. The summed E-state index contributed by atoms with van der Waals surface area (Å²) in [6, 6.07) is 6.90. The number of fused-ring (bicyclic) bond motifs is 1. The van der Waals surface area contributed by atoms with Gasteiger partial charge in [-0.05, 0) is 55.7 Å². The van der Waals surface area contributed by atoms with Crippen LogP contribution in [0, 0.1) is 26.6 Å². The standard InChI is InChI=1S/C19H18BrFN2O/c1-5-18-22-16-9-15(21)11(3)6-13(16)19(24)23(18)17-8-10(2)14(20)7-12(17)4/h6-9H,5H2,1-4H3. The molecule has 124 valence electrons. The van der Waals surface area contributed by atoms with Crippen LogP contribution in [-0.4, -0.2) is 9.55 Å². The van der Waals surface area contributed by atoms with E-state index in [2.05, 4.69) is 20.9 Å². The van der Waals surface area contributed by atoms with Crippen LogP contribution in [0.25, 0.3) is 16.6 Å². The average Bonchev–Trinajstić information content (AvgIpc) is 2.53. The predicted molar refractivity (Wildman–Crippen MR) is 98.6 cm³/mol. The number of aryl methyl sites for hydroxylation is 4. The number of aromatic nitrogens is 2. The summed E-state index contributed by atoms with van der Waals surface area (Å²) in [5.74, 6) is 0.283. The van der Waals surface area contributed by atoms with E-state index in [1.807, 2.05) is 32.9 Å². The lowest BCUT2D eigenvalue weighted by Gasteiger charge is -2.16. The lowest BCUT2D eigenvalue weighted by Crippen LogP contribution is -2.24. The summed E-state index contributed by atoms with van der Waals surface area (Å²) in [4.78, 5) is 17.6. The van der Waals surface area contributed by atoms with Gasteiger partial charge in [0.2, 0.25) is 0 Å². The van der Waals surface area contributed by atoms with Crippen molar-refractivity contribution >= 4 is 26.8 Å². The third kappa shape index (κ3) is 2.67. The molecule has 0 N–H and O–H groups in total. The molecule has 0 aliphatic heterocycles. The normalized spacial score (nSPS) is 11.2. The molecule has 3 rings (SSSR count). The molecule has 1 heterocycles. The van der Waals surface area contributed by atoms with Crippen LogP contribution in [0.4, 0.5) is 4.39 Å². The lowest BCUT2D eigenvalue weighted by molar-refractivity contribution is 0.620. The van der Waals surface area contributed by atoms with E-state index in [1.165, 1.54) is 6.07 Å². The van der Waals surface area contributed by atoms with Crippen LogP contribution in [-0.2, 0) is 6.42 Å². The van der Waals surface area contributed by atoms with Gasteiger partial charge in [0.25, 0.3) is 5.56 Å². The van der Waals surface area contributed by atoms with Gasteiger partial charge >= 0.3 is 0 Å². The monoisotopic (exact) mass is 388 g/mol. The molecule has 0 aliphatic carbocycles. The number of halogens is 2. The fraction of sp³-hybridized carbons (Fsp3) is 0.263. The minimum Gasteiger partial charge on any atom is -0.268 e. The van der Waals surface area contributed by atoms with E-state index in [1.54, 1.807) is 17.6 Å². The van der Waals surface area contributed by atoms with Gasteiger partial charge in [-0.15, -0.1) is 0 Å². The molecule has 0 saturated carbocycles. The largest absolute Gasteiger partial charge is 0.268 e. The number of rotatable bonds is 2. The van der Waals surface area contributed by atoms with E-state index in [0.717, 1.165) is 21.3 Å². The quantitative estimate of drug-likeness (QED) is 0.633. The number of hydrogen-bond donors (Lipinski definition) is 0. The predicted octanol–water partition coefficient (Wildman–Crippen LogP) is 4.77. The molecule has 2 aromatic carbocycles. The highest BCUT2D eigenvalue weighted by Gasteiger charge is 2.15. The molecule has 3 aromatic rings. The fourth-order valence-corrected chi connectivity index (χ4v) is 3.31. The average molecular weight is 389 g/mol. The minimum absolute atomic E-state index is 0.162. The van der Waals surface area contributed by atoms with Crippen molar-refractivity contribution in [2.75, 3.05) is 0 Å². The second kappa shape index (κ2) is 6.13. The van der Waals surface area contributed by atoms with Crippen LogP contribution in [0.15, 0.2) is 33.5 Å². The summed E-state index contributed by atoms with van der Waals surface area (Å²) in [6.45, 7) is 7.54. The number of benzene rings is 2. The molecule has 0 amide bonds. The van der Waals surface area contributed by atoms with Crippen molar-refractivity contribution in [2.24, 2.45) is 0 Å². The van der Waals surface area contributed by atoms with Crippen molar-refractivity contribution in [3.63, 3.8) is 0 Å². The van der Waals surface area contributed by atoms with Crippen molar-refractivity contribution in [1.29, 1.82) is 0 Å². The van der Waals surface area contributed by atoms with E-state index >= 15 is 0 Å². The maximum atomic E-state index is 13.8. The van der Waals surface area contributed by atoms with Crippen LogP contribution in [0.2, 0.25) is 0 Å². The number of nitrogens with zero attached hydrogens (tertiary/aromatic N) is 2. The Morgan fingerprint density at radius 2 is 1.79 bits per heavy atom. The first-order chi connectivity index (χ1) is 11.3. The SMILES string of the molecule is CCc1nc2cc(F)c(C)cc2c(=O)n1-c1cc(C)c(Br)cc1C. The van der Waals surface area contributed by atoms with E-state index in [-0.39, 0.29) is 11.4 Å². The van der Waals surface area contributed by atoms with Crippen LogP contribution >= 0.6 is 15.9 Å². The Bertz CT molecular complexity index is 1020. The topological polar surface area (TPSA) is 34.9 Å². The second-order valence-corrected chi connectivity index (χ2v) is 6.88. The van der Waals surface area contributed by atoms with Crippen molar-refractivity contribution in [3.8, 4) is 5.69 Å². The van der Waals surface area contributed by atoms with Crippen molar-refractivity contribution in [3.05, 3.63) is 67.4 Å². The lowest BCUT2D eigenvalue weighted by atomic mass is 10.1. The Kier molecular flexibility index (Phi) is 4.30. The van der Waals surface area contributed by atoms with E-state index in [9.17, 15) is 9.18 Å². The van der Waals surface area contributed by atoms with E-state index < -0.39 is 0 Å². The minimum atomic E-state index is -0.343. The van der Waals surface area contributed by atoms with Crippen molar-refractivity contribution < 1.29 is 4.39 Å². The van der Waals surface area contributed by atoms with Crippen LogP contribution in [0.3, 0.4) is 0 Å². The van der Waals surface area contributed by atoms with Crippen LogP contribution in [0.5, 0.6) is 0 Å². The molecule has 0 unspecified atom stereocenters. The Morgan fingerprint density at radius 3 is 2.46 bits per heavy atom. The zero-order valence-corrected chi connectivity index (χ0v) is 15.7. The first kappa shape index (κ1) is 16.8. The van der Waals surface area contributed by atoms with Crippen LogP contribution < -0.4 is 5.56 Å². The maximum absolute atomic E-state index is 13.8. The van der Waals surface area contributed by atoms with Gasteiger partial charge in [0, 0.05) is 17.0 Å². The van der Waals surface area contributed by atoms with Gasteiger partial charge in [-0.2, -0.15) is 0 Å². The summed E-state index contributed by atoms with van der Waals surface area (Å²) in [7, 11) is 0. The molecule has 0 atom stereocenters. The van der Waals surface area contributed by atoms with Gasteiger partial charge < -0.3 is 0 Å². The Morgan fingerprint density at radius 1 is 1.08 bits per heavy atom. The Labute approximate surface area is 148 Å². The number of hydrogen-bond acceptors (Lipinski definition) is 2. The molecule has 1 aromatic heterocycles. The zero-order valence-electron chi connectivity index (χ0n) is 14.1. The highest BCUT2D eigenvalue weighted by Crippen LogP contribution is 2.25. The van der Waals surface area contributed by atoms with Gasteiger partial charge in [-0.3, -0.25) is 9.36 Å². The van der Waals surface area contributed by atoms with Gasteiger partial charge in [-0.25, -0.2) is 9.37 Å². The van der Waals surface area contributed by atoms with E-state index in [0.29, 0.717) is 28.7 Å². The van der Waals surface area contributed by atoms with E-state index in [4.69, 9.17) is 0 Å². The summed E-state index contributed by atoms with van der Waals surface area (Å²) in [5, 5.41) is 0.436. The van der Waals surface area contributed by atoms with Gasteiger partial charge in [0.15, 0.2) is 0 Å². The molecule has 0 bridgehead atoms. The molecule has 0 fully saturated rings. The zero-order chi connectivity index (χ0) is 17.6. The van der Waals surface area contributed by atoms with Crippen LogP contribution in [0.1, 0.15) is 29.4 Å². The van der Waals surface area contributed by atoms with Crippen molar-refractivity contribution in [1.82, 2.24) is 9.55 Å².